The monoisotopic (exact) mass is 343 g/mol. The van der Waals surface area contributed by atoms with Gasteiger partial charge in [0.05, 0.1) is 11.4 Å². The Kier molecular flexibility index (Phi) is 3.57. The first kappa shape index (κ1) is 14.3. The molecule has 0 aliphatic heterocycles. The van der Waals surface area contributed by atoms with E-state index < -0.39 is 0 Å². The molecule has 0 saturated carbocycles. The average molecular weight is 344 g/mol. The SMILES string of the molecule is Cc1cc(C)cc(-n2nc(C(C)C)c3cc(Br)cnc32)c1. The van der Waals surface area contributed by atoms with Crippen molar-refractivity contribution < 1.29 is 0 Å². The van der Waals surface area contributed by atoms with Crippen LogP contribution >= 0.6 is 15.9 Å². The highest BCUT2D eigenvalue weighted by Crippen LogP contribution is 2.28. The number of benzene rings is 1. The number of aromatic nitrogens is 3. The number of hydrogen-bond acceptors (Lipinski definition) is 2. The molecular weight excluding hydrogens is 326 g/mol. The highest BCUT2D eigenvalue weighted by molar-refractivity contribution is 9.10. The van der Waals surface area contributed by atoms with E-state index in [9.17, 15) is 0 Å². The highest BCUT2D eigenvalue weighted by atomic mass is 79.9. The molecule has 0 fully saturated rings. The Morgan fingerprint density at radius 1 is 1.05 bits per heavy atom. The van der Waals surface area contributed by atoms with Gasteiger partial charge in [-0.1, -0.05) is 19.9 Å². The number of hydrogen-bond donors (Lipinski definition) is 0. The van der Waals surface area contributed by atoms with E-state index in [0.29, 0.717) is 5.92 Å². The number of halogens is 1. The van der Waals surface area contributed by atoms with E-state index in [0.717, 1.165) is 26.9 Å². The molecule has 0 spiro atoms. The minimum absolute atomic E-state index is 0.357. The number of rotatable bonds is 2. The minimum Gasteiger partial charge on any atom is -0.235 e. The third-order valence-corrected chi connectivity index (χ3v) is 3.95. The summed E-state index contributed by atoms with van der Waals surface area (Å²) in [5.74, 6) is 0.357. The van der Waals surface area contributed by atoms with Gasteiger partial charge < -0.3 is 0 Å². The van der Waals surface area contributed by atoms with Crippen LogP contribution in [0.25, 0.3) is 16.7 Å². The van der Waals surface area contributed by atoms with Crippen LogP contribution in [-0.2, 0) is 0 Å². The van der Waals surface area contributed by atoms with E-state index in [1.54, 1.807) is 0 Å². The van der Waals surface area contributed by atoms with Gasteiger partial charge in [-0.2, -0.15) is 5.10 Å². The Hall–Kier alpha value is -1.68. The summed E-state index contributed by atoms with van der Waals surface area (Å²) in [6.07, 6.45) is 1.83. The van der Waals surface area contributed by atoms with Crippen LogP contribution < -0.4 is 0 Å². The van der Waals surface area contributed by atoms with Crippen LogP contribution in [-0.4, -0.2) is 14.8 Å². The predicted octanol–water partition coefficient (Wildman–Crippen LogP) is 4.92. The first-order valence-corrected chi connectivity index (χ1v) is 7.88. The molecule has 3 rings (SSSR count). The van der Waals surface area contributed by atoms with Crippen LogP contribution in [0.15, 0.2) is 34.9 Å². The lowest BCUT2D eigenvalue weighted by Gasteiger charge is -2.06. The molecule has 0 N–H and O–H groups in total. The van der Waals surface area contributed by atoms with E-state index in [4.69, 9.17) is 5.10 Å². The van der Waals surface area contributed by atoms with Crippen LogP contribution in [0, 0.1) is 13.8 Å². The van der Waals surface area contributed by atoms with Gasteiger partial charge in [-0.05, 0) is 65.0 Å². The standard InChI is InChI=1S/C17H18BrN3/c1-10(2)16-15-8-13(18)9-19-17(15)21(20-16)14-6-11(3)5-12(4)7-14/h5-10H,1-4H3. The normalized spacial score (nSPS) is 11.5. The molecule has 0 aliphatic carbocycles. The Morgan fingerprint density at radius 2 is 1.71 bits per heavy atom. The molecule has 1 aromatic carbocycles. The van der Waals surface area contributed by atoms with Crippen molar-refractivity contribution in [2.45, 2.75) is 33.6 Å². The Morgan fingerprint density at radius 3 is 2.33 bits per heavy atom. The molecule has 0 saturated heterocycles. The molecule has 4 heteroatoms. The lowest BCUT2D eigenvalue weighted by molar-refractivity contribution is 0.776. The second kappa shape index (κ2) is 5.26. The summed E-state index contributed by atoms with van der Waals surface area (Å²) in [6, 6.07) is 8.56. The lowest BCUT2D eigenvalue weighted by Crippen LogP contribution is -2.00. The van der Waals surface area contributed by atoms with Gasteiger partial charge in [0.25, 0.3) is 0 Å². The zero-order valence-electron chi connectivity index (χ0n) is 12.7. The molecule has 2 aromatic heterocycles. The number of aryl methyl sites for hydroxylation is 2. The summed E-state index contributed by atoms with van der Waals surface area (Å²) in [7, 11) is 0. The first-order valence-electron chi connectivity index (χ1n) is 7.08. The lowest BCUT2D eigenvalue weighted by atomic mass is 10.1. The molecule has 0 radical (unpaired) electrons. The second-order valence-electron chi connectivity index (χ2n) is 5.82. The molecule has 0 aliphatic rings. The molecule has 3 nitrogen and oxygen atoms in total. The van der Waals surface area contributed by atoms with Gasteiger partial charge in [0, 0.05) is 16.1 Å². The maximum Gasteiger partial charge on any atom is 0.163 e. The smallest absolute Gasteiger partial charge is 0.163 e. The van der Waals surface area contributed by atoms with Crippen molar-refractivity contribution in [1.29, 1.82) is 0 Å². The molecule has 0 amide bonds. The van der Waals surface area contributed by atoms with Crippen molar-refractivity contribution in [3.63, 3.8) is 0 Å². The summed E-state index contributed by atoms with van der Waals surface area (Å²) >= 11 is 3.50. The van der Waals surface area contributed by atoms with E-state index in [1.165, 1.54) is 11.1 Å². The zero-order chi connectivity index (χ0) is 15.1. The van der Waals surface area contributed by atoms with Crippen molar-refractivity contribution in [3.05, 3.63) is 51.8 Å². The fourth-order valence-electron chi connectivity index (χ4n) is 2.68. The highest BCUT2D eigenvalue weighted by Gasteiger charge is 2.16. The maximum absolute atomic E-state index is 4.82. The molecule has 3 aromatic rings. The topological polar surface area (TPSA) is 30.7 Å². The molecular formula is C17H18BrN3. The molecule has 21 heavy (non-hydrogen) atoms. The Labute approximate surface area is 133 Å². The van der Waals surface area contributed by atoms with Gasteiger partial charge in [0.1, 0.15) is 0 Å². The van der Waals surface area contributed by atoms with Crippen molar-refractivity contribution in [2.24, 2.45) is 0 Å². The average Bonchev–Trinajstić information content (AvgIpc) is 2.76. The molecule has 108 valence electrons. The van der Waals surface area contributed by atoms with Crippen LogP contribution in [0.5, 0.6) is 0 Å². The van der Waals surface area contributed by atoms with Gasteiger partial charge >= 0.3 is 0 Å². The zero-order valence-corrected chi connectivity index (χ0v) is 14.3. The van der Waals surface area contributed by atoms with Gasteiger partial charge in [-0.15, -0.1) is 0 Å². The van der Waals surface area contributed by atoms with Crippen molar-refractivity contribution >= 4 is 27.0 Å². The van der Waals surface area contributed by atoms with Gasteiger partial charge in [0.2, 0.25) is 0 Å². The molecule has 0 atom stereocenters. The van der Waals surface area contributed by atoms with Crippen LogP contribution in [0.4, 0.5) is 0 Å². The minimum atomic E-state index is 0.357. The third-order valence-electron chi connectivity index (χ3n) is 3.52. The van der Waals surface area contributed by atoms with E-state index in [-0.39, 0.29) is 0 Å². The fraction of sp³-hybridized carbons (Fsp3) is 0.294. The fourth-order valence-corrected chi connectivity index (χ4v) is 3.01. The molecule has 2 heterocycles. The van der Waals surface area contributed by atoms with Crippen LogP contribution in [0.1, 0.15) is 36.6 Å². The molecule has 0 bridgehead atoms. The summed E-state index contributed by atoms with van der Waals surface area (Å²) in [5, 5.41) is 5.93. The number of pyridine rings is 1. The van der Waals surface area contributed by atoms with Crippen molar-refractivity contribution in [2.75, 3.05) is 0 Å². The maximum atomic E-state index is 4.82. The van der Waals surface area contributed by atoms with Gasteiger partial charge in [0.15, 0.2) is 5.65 Å². The first-order chi connectivity index (χ1) is 9.95. The second-order valence-corrected chi connectivity index (χ2v) is 6.74. The Bertz CT molecular complexity index is 798. The summed E-state index contributed by atoms with van der Waals surface area (Å²) < 4.78 is 2.94. The van der Waals surface area contributed by atoms with E-state index >= 15 is 0 Å². The van der Waals surface area contributed by atoms with E-state index in [2.05, 4.69) is 72.9 Å². The van der Waals surface area contributed by atoms with Crippen molar-refractivity contribution in [3.8, 4) is 5.69 Å². The number of nitrogens with zero attached hydrogens (tertiary/aromatic N) is 3. The summed E-state index contributed by atoms with van der Waals surface area (Å²) in [6.45, 7) is 8.54. The number of fused-ring (bicyclic) bond motifs is 1. The Balaban J connectivity index is 2.32. The molecule has 0 unspecified atom stereocenters. The largest absolute Gasteiger partial charge is 0.235 e. The van der Waals surface area contributed by atoms with Crippen LogP contribution in [0.3, 0.4) is 0 Å². The quantitative estimate of drug-likeness (QED) is 0.660. The summed E-state index contributed by atoms with van der Waals surface area (Å²) in [5.41, 5.74) is 5.53. The van der Waals surface area contributed by atoms with Crippen molar-refractivity contribution in [1.82, 2.24) is 14.8 Å². The predicted molar refractivity (Wildman–Crippen MR) is 90.1 cm³/mol. The van der Waals surface area contributed by atoms with Crippen LogP contribution in [0.2, 0.25) is 0 Å². The van der Waals surface area contributed by atoms with E-state index in [1.807, 2.05) is 10.9 Å². The third kappa shape index (κ3) is 2.60. The van der Waals surface area contributed by atoms with Gasteiger partial charge in [-0.25, -0.2) is 9.67 Å². The summed E-state index contributed by atoms with van der Waals surface area (Å²) in [4.78, 5) is 4.57. The van der Waals surface area contributed by atoms with Gasteiger partial charge in [-0.3, -0.25) is 0 Å².